The van der Waals surface area contributed by atoms with Gasteiger partial charge in [-0.05, 0) is 18.1 Å². The molecule has 0 N–H and O–H groups in total. The van der Waals surface area contributed by atoms with Gasteiger partial charge in [0.25, 0.3) is 0 Å². The summed E-state index contributed by atoms with van der Waals surface area (Å²) in [5.41, 5.74) is 0.667. The first kappa shape index (κ1) is 12.0. The van der Waals surface area contributed by atoms with Crippen molar-refractivity contribution in [2.45, 2.75) is 25.1 Å². The van der Waals surface area contributed by atoms with Gasteiger partial charge in [0.05, 0.1) is 6.61 Å². The summed E-state index contributed by atoms with van der Waals surface area (Å²) in [7, 11) is 0. The molecule has 0 saturated carbocycles. The van der Waals surface area contributed by atoms with Gasteiger partial charge < -0.3 is 4.74 Å². The number of carbonyl (C=O) groups is 1. The monoisotopic (exact) mass is 227 g/mol. The van der Waals surface area contributed by atoms with Crippen LogP contribution in [0.4, 0.5) is 0 Å². The minimum atomic E-state index is -0.754. The van der Waals surface area contributed by atoms with Crippen molar-refractivity contribution in [2.24, 2.45) is 0 Å². The topological polar surface area (TPSA) is 39.2 Å². The third-order valence-corrected chi connectivity index (χ3v) is 2.36. The summed E-state index contributed by atoms with van der Waals surface area (Å²) in [6, 6.07) is 3.50. The highest BCUT2D eigenvalue weighted by Gasteiger charge is 2.18. The van der Waals surface area contributed by atoms with Gasteiger partial charge in [-0.3, -0.25) is 9.78 Å². The molecule has 1 atom stereocenters. The molecular formula is C11H14ClNO2. The molecule has 0 aliphatic rings. The maximum Gasteiger partial charge on any atom is 0.328 e. The van der Waals surface area contributed by atoms with Crippen molar-refractivity contribution in [1.29, 1.82) is 0 Å². The number of rotatable bonds is 5. The third-order valence-electron chi connectivity index (χ3n) is 1.93. The van der Waals surface area contributed by atoms with Crippen LogP contribution in [0.5, 0.6) is 0 Å². The van der Waals surface area contributed by atoms with Crippen LogP contribution >= 0.6 is 11.6 Å². The van der Waals surface area contributed by atoms with E-state index in [1.807, 2.05) is 6.92 Å². The summed E-state index contributed by atoms with van der Waals surface area (Å²) in [5.74, 6) is -0.405. The first-order valence-electron chi connectivity index (χ1n) is 4.96. The van der Waals surface area contributed by atoms with Gasteiger partial charge in [-0.15, -0.1) is 11.6 Å². The molecule has 15 heavy (non-hydrogen) atoms. The van der Waals surface area contributed by atoms with E-state index in [0.717, 1.165) is 12.8 Å². The Bertz CT molecular complexity index is 303. The molecule has 0 aromatic carbocycles. The number of nitrogens with zero attached hydrogens (tertiary/aromatic N) is 1. The highest BCUT2D eigenvalue weighted by molar-refractivity contribution is 6.29. The van der Waals surface area contributed by atoms with Crippen LogP contribution < -0.4 is 0 Å². The van der Waals surface area contributed by atoms with E-state index in [4.69, 9.17) is 16.3 Å². The van der Waals surface area contributed by atoms with Crippen molar-refractivity contribution in [3.63, 3.8) is 0 Å². The van der Waals surface area contributed by atoms with Crippen molar-refractivity contribution in [3.05, 3.63) is 30.1 Å². The van der Waals surface area contributed by atoms with E-state index in [0.29, 0.717) is 12.2 Å². The molecule has 0 spiro atoms. The van der Waals surface area contributed by atoms with E-state index in [2.05, 4.69) is 4.98 Å². The number of hydrogen-bond acceptors (Lipinski definition) is 3. The van der Waals surface area contributed by atoms with Crippen LogP contribution in [-0.2, 0) is 9.53 Å². The maximum atomic E-state index is 11.4. The fourth-order valence-corrected chi connectivity index (χ4v) is 1.24. The minimum Gasteiger partial charge on any atom is -0.464 e. The molecule has 0 fully saturated rings. The smallest absolute Gasteiger partial charge is 0.328 e. The van der Waals surface area contributed by atoms with Gasteiger partial charge in [0, 0.05) is 12.4 Å². The van der Waals surface area contributed by atoms with Crippen molar-refractivity contribution < 1.29 is 9.53 Å². The Morgan fingerprint density at radius 1 is 1.67 bits per heavy atom. The molecule has 4 heteroatoms. The van der Waals surface area contributed by atoms with Crippen molar-refractivity contribution in [1.82, 2.24) is 4.98 Å². The Morgan fingerprint density at radius 2 is 2.47 bits per heavy atom. The number of alkyl halides is 1. The lowest BCUT2D eigenvalue weighted by Crippen LogP contribution is -2.12. The zero-order valence-corrected chi connectivity index (χ0v) is 9.41. The summed E-state index contributed by atoms with van der Waals surface area (Å²) >= 11 is 5.92. The zero-order chi connectivity index (χ0) is 11.1. The summed E-state index contributed by atoms with van der Waals surface area (Å²) < 4.78 is 5.00. The van der Waals surface area contributed by atoms with Gasteiger partial charge in [0.2, 0.25) is 0 Å². The lowest BCUT2D eigenvalue weighted by molar-refractivity contribution is -0.143. The predicted octanol–water partition coefficient (Wildman–Crippen LogP) is 2.70. The molecule has 3 nitrogen and oxygen atoms in total. The Kier molecular flexibility index (Phi) is 5.12. The Morgan fingerprint density at radius 3 is 3.07 bits per heavy atom. The fraction of sp³-hybridized carbons (Fsp3) is 0.455. The zero-order valence-electron chi connectivity index (χ0n) is 8.65. The molecule has 1 aromatic heterocycles. The molecule has 1 aromatic rings. The predicted molar refractivity (Wildman–Crippen MR) is 58.7 cm³/mol. The second-order valence-corrected chi connectivity index (χ2v) is 3.61. The molecule has 0 aliphatic heterocycles. The highest BCUT2D eigenvalue weighted by atomic mass is 35.5. The molecule has 0 radical (unpaired) electrons. The summed E-state index contributed by atoms with van der Waals surface area (Å²) in [4.78, 5) is 15.3. The van der Waals surface area contributed by atoms with Gasteiger partial charge in [-0.2, -0.15) is 0 Å². The van der Waals surface area contributed by atoms with Gasteiger partial charge in [-0.25, -0.2) is 0 Å². The first-order valence-corrected chi connectivity index (χ1v) is 5.40. The van der Waals surface area contributed by atoms with Crippen LogP contribution in [-0.4, -0.2) is 17.6 Å². The number of hydrogen-bond donors (Lipinski definition) is 0. The summed E-state index contributed by atoms with van der Waals surface area (Å²) in [5, 5.41) is -0.754. The van der Waals surface area contributed by atoms with Crippen LogP contribution in [0.1, 0.15) is 30.7 Å². The highest BCUT2D eigenvalue weighted by Crippen LogP contribution is 2.20. The van der Waals surface area contributed by atoms with Crippen molar-refractivity contribution in [3.8, 4) is 0 Å². The van der Waals surface area contributed by atoms with Crippen molar-refractivity contribution >= 4 is 17.6 Å². The average Bonchev–Trinajstić information content (AvgIpc) is 2.29. The summed E-state index contributed by atoms with van der Waals surface area (Å²) in [6.07, 6.45) is 5.06. The number of halogens is 1. The van der Waals surface area contributed by atoms with Gasteiger partial charge in [0.15, 0.2) is 5.38 Å². The maximum absolute atomic E-state index is 11.4. The normalized spacial score (nSPS) is 12.1. The second-order valence-electron chi connectivity index (χ2n) is 3.17. The fourth-order valence-electron chi connectivity index (χ4n) is 1.05. The van der Waals surface area contributed by atoms with E-state index >= 15 is 0 Å². The Labute approximate surface area is 94.4 Å². The molecule has 1 heterocycles. The number of aromatic nitrogens is 1. The number of carbonyl (C=O) groups excluding carboxylic acids is 1. The van der Waals surface area contributed by atoms with Crippen LogP contribution in [0, 0.1) is 0 Å². The first-order chi connectivity index (χ1) is 7.25. The molecular weight excluding hydrogens is 214 g/mol. The molecule has 82 valence electrons. The lowest BCUT2D eigenvalue weighted by Gasteiger charge is -2.08. The molecule has 1 rings (SSSR count). The Hall–Kier alpha value is -1.09. The van der Waals surface area contributed by atoms with E-state index in [1.165, 1.54) is 0 Å². The van der Waals surface area contributed by atoms with E-state index in [1.54, 1.807) is 24.5 Å². The van der Waals surface area contributed by atoms with E-state index in [-0.39, 0.29) is 0 Å². The number of unbranched alkanes of at least 4 members (excludes halogenated alkanes) is 1. The molecule has 0 amide bonds. The number of pyridine rings is 1. The number of esters is 1. The van der Waals surface area contributed by atoms with Crippen LogP contribution in [0.15, 0.2) is 24.5 Å². The van der Waals surface area contributed by atoms with Gasteiger partial charge in [-0.1, -0.05) is 19.4 Å². The van der Waals surface area contributed by atoms with E-state index < -0.39 is 11.3 Å². The molecule has 0 bridgehead atoms. The molecule has 0 aliphatic carbocycles. The third kappa shape index (κ3) is 3.88. The SMILES string of the molecule is CCCCOC(=O)C(Cl)c1cccnc1. The van der Waals surface area contributed by atoms with Gasteiger partial charge >= 0.3 is 5.97 Å². The standard InChI is InChI=1S/C11H14ClNO2/c1-2-3-7-15-11(14)10(12)9-5-4-6-13-8-9/h4-6,8,10H,2-3,7H2,1H3. The van der Waals surface area contributed by atoms with Crippen molar-refractivity contribution in [2.75, 3.05) is 6.61 Å². The summed E-state index contributed by atoms with van der Waals surface area (Å²) in [6.45, 7) is 2.46. The van der Waals surface area contributed by atoms with E-state index in [9.17, 15) is 4.79 Å². The number of ether oxygens (including phenoxy) is 1. The minimum absolute atomic E-state index is 0.405. The molecule has 1 unspecified atom stereocenters. The largest absolute Gasteiger partial charge is 0.464 e. The molecule has 0 saturated heterocycles. The van der Waals surface area contributed by atoms with Crippen LogP contribution in [0.3, 0.4) is 0 Å². The Balaban J connectivity index is 2.46. The average molecular weight is 228 g/mol. The lowest BCUT2D eigenvalue weighted by atomic mass is 10.2. The van der Waals surface area contributed by atoms with Gasteiger partial charge in [0.1, 0.15) is 0 Å². The van der Waals surface area contributed by atoms with Crippen LogP contribution in [0.2, 0.25) is 0 Å². The quantitative estimate of drug-likeness (QED) is 0.441. The second kappa shape index (κ2) is 6.40. The van der Waals surface area contributed by atoms with Crippen LogP contribution in [0.25, 0.3) is 0 Å².